The molecule has 21 heavy (non-hydrogen) atoms. The van der Waals surface area contributed by atoms with Crippen LogP contribution in [0.3, 0.4) is 0 Å². The molecule has 5 nitrogen and oxygen atoms in total. The van der Waals surface area contributed by atoms with Crippen LogP contribution in [0.15, 0.2) is 36.4 Å². The molecule has 1 N–H and O–H groups in total. The van der Waals surface area contributed by atoms with Gasteiger partial charge in [-0.2, -0.15) is 0 Å². The molecule has 0 spiro atoms. The molecule has 0 saturated carbocycles. The van der Waals surface area contributed by atoms with E-state index in [4.69, 9.17) is 9.84 Å². The van der Waals surface area contributed by atoms with Crippen LogP contribution in [0.25, 0.3) is 0 Å². The zero-order valence-corrected chi connectivity index (χ0v) is 12.5. The summed E-state index contributed by atoms with van der Waals surface area (Å²) >= 11 is 0. The molecule has 0 aromatic heterocycles. The third-order valence-electron chi connectivity index (χ3n) is 2.78. The summed E-state index contributed by atoms with van der Waals surface area (Å²) in [6, 6.07) is 6.91. The SMILES string of the molecule is C=C(C)COc1ccc(C(=O)CN(C)CCC(=O)O)cc1. The van der Waals surface area contributed by atoms with Crippen LogP contribution < -0.4 is 4.74 Å². The molecule has 0 amide bonds. The molecule has 0 aliphatic carbocycles. The van der Waals surface area contributed by atoms with Crippen molar-refractivity contribution in [3.8, 4) is 5.75 Å². The van der Waals surface area contributed by atoms with Crippen LogP contribution in [-0.2, 0) is 4.79 Å². The van der Waals surface area contributed by atoms with Gasteiger partial charge in [0, 0.05) is 12.1 Å². The summed E-state index contributed by atoms with van der Waals surface area (Å²) in [7, 11) is 1.73. The van der Waals surface area contributed by atoms with E-state index in [-0.39, 0.29) is 18.7 Å². The topological polar surface area (TPSA) is 66.8 Å². The number of hydrogen-bond acceptors (Lipinski definition) is 4. The molecule has 1 rings (SSSR count). The zero-order valence-electron chi connectivity index (χ0n) is 12.5. The summed E-state index contributed by atoms with van der Waals surface area (Å²) in [4.78, 5) is 24.2. The molecule has 0 aliphatic heterocycles. The van der Waals surface area contributed by atoms with Crippen LogP contribution in [0.2, 0.25) is 0 Å². The number of nitrogens with zero attached hydrogens (tertiary/aromatic N) is 1. The molecule has 0 saturated heterocycles. The Kier molecular flexibility index (Phi) is 6.62. The maximum absolute atomic E-state index is 12.0. The van der Waals surface area contributed by atoms with Gasteiger partial charge >= 0.3 is 5.97 Å². The van der Waals surface area contributed by atoms with Gasteiger partial charge in [-0.1, -0.05) is 6.58 Å². The van der Waals surface area contributed by atoms with Crippen molar-refractivity contribution in [2.75, 3.05) is 26.7 Å². The first-order chi connectivity index (χ1) is 9.88. The fraction of sp³-hybridized carbons (Fsp3) is 0.375. The summed E-state index contributed by atoms with van der Waals surface area (Å²) in [5.74, 6) is -0.226. The van der Waals surface area contributed by atoms with Crippen molar-refractivity contribution in [3.05, 3.63) is 42.0 Å². The highest BCUT2D eigenvalue weighted by atomic mass is 16.5. The molecule has 1 aromatic carbocycles. The number of ether oxygens (including phenoxy) is 1. The van der Waals surface area contributed by atoms with Crippen molar-refractivity contribution in [2.45, 2.75) is 13.3 Å². The maximum Gasteiger partial charge on any atom is 0.304 e. The summed E-state index contributed by atoms with van der Waals surface area (Å²) in [5.41, 5.74) is 1.51. The van der Waals surface area contributed by atoms with Crippen LogP contribution in [0.1, 0.15) is 23.7 Å². The minimum absolute atomic E-state index is 0.0253. The number of carbonyl (C=O) groups excluding carboxylic acids is 1. The fourth-order valence-electron chi connectivity index (χ4n) is 1.65. The Bertz CT molecular complexity index is 508. The summed E-state index contributed by atoms with van der Waals surface area (Å²) in [5, 5.41) is 8.60. The molecular formula is C16H21NO4. The first kappa shape index (κ1) is 16.9. The van der Waals surface area contributed by atoms with Crippen molar-refractivity contribution in [1.29, 1.82) is 0 Å². The maximum atomic E-state index is 12.0. The van der Waals surface area contributed by atoms with E-state index in [1.54, 1.807) is 36.2 Å². The highest BCUT2D eigenvalue weighted by Gasteiger charge is 2.10. The molecule has 0 bridgehead atoms. The zero-order chi connectivity index (χ0) is 15.8. The highest BCUT2D eigenvalue weighted by molar-refractivity contribution is 5.97. The molecule has 1 aromatic rings. The van der Waals surface area contributed by atoms with Gasteiger partial charge in [0.25, 0.3) is 0 Å². The van der Waals surface area contributed by atoms with Gasteiger partial charge in [0.15, 0.2) is 5.78 Å². The van der Waals surface area contributed by atoms with Crippen LogP contribution in [0, 0.1) is 0 Å². The van der Waals surface area contributed by atoms with Gasteiger partial charge in [-0.25, -0.2) is 0 Å². The Balaban J connectivity index is 2.50. The van der Waals surface area contributed by atoms with E-state index in [9.17, 15) is 9.59 Å². The average Bonchev–Trinajstić information content (AvgIpc) is 2.43. The summed E-state index contributed by atoms with van der Waals surface area (Å²) in [6.45, 7) is 6.62. The quantitative estimate of drug-likeness (QED) is 0.558. The van der Waals surface area contributed by atoms with Gasteiger partial charge in [-0.15, -0.1) is 0 Å². The average molecular weight is 291 g/mol. The van der Waals surface area contributed by atoms with Crippen molar-refractivity contribution >= 4 is 11.8 Å². The standard InChI is InChI=1S/C16H21NO4/c1-12(2)11-21-14-6-4-13(5-7-14)15(18)10-17(3)9-8-16(19)20/h4-7H,1,8-11H2,2-3H3,(H,19,20). The third-order valence-corrected chi connectivity index (χ3v) is 2.78. The first-order valence-corrected chi connectivity index (χ1v) is 6.69. The van der Waals surface area contributed by atoms with Gasteiger partial charge in [-0.3, -0.25) is 14.5 Å². The molecule has 0 unspecified atom stereocenters. The van der Waals surface area contributed by atoms with Crippen LogP contribution >= 0.6 is 0 Å². The Morgan fingerprint density at radius 3 is 2.43 bits per heavy atom. The summed E-state index contributed by atoms with van der Waals surface area (Å²) < 4.78 is 5.46. The number of Topliss-reactive ketones (excluding diaryl/α,β-unsaturated/α-hetero) is 1. The number of ketones is 1. The van der Waals surface area contributed by atoms with E-state index in [2.05, 4.69) is 6.58 Å². The van der Waals surface area contributed by atoms with E-state index in [0.29, 0.717) is 24.5 Å². The minimum atomic E-state index is -0.867. The van der Waals surface area contributed by atoms with Crippen molar-refractivity contribution in [1.82, 2.24) is 4.90 Å². The lowest BCUT2D eigenvalue weighted by Gasteiger charge is -2.14. The van der Waals surface area contributed by atoms with Crippen molar-refractivity contribution in [3.63, 3.8) is 0 Å². The number of likely N-dealkylation sites (N-methyl/N-ethyl adjacent to an activating group) is 1. The number of carbonyl (C=O) groups is 2. The van der Waals surface area contributed by atoms with Crippen LogP contribution in [0.5, 0.6) is 5.75 Å². The summed E-state index contributed by atoms with van der Waals surface area (Å²) in [6.07, 6.45) is 0.0253. The predicted molar refractivity (Wildman–Crippen MR) is 80.8 cm³/mol. The Morgan fingerprint density at radius 1 is 1.29 bits per heavy atom. The fourth-order valence-corrected chi connectivity index (χ4v) is 1.65. The number of aliphatic carboxylic acids is 1. The monoisotopic (exact) mass is 291 g/mol. The number of hydrogen-bond donors (Lipinski definition) is 1. The molecule has 0 atom stereocenters. The lowest BCUT2D eigenvalue weighted by atomic mass is 10.1. The number of benzene rings is 1. The normalized spacial score (nSPS) is 10.4. The lowest BCUT2D eigenvalue weighted by molar-refractivity contribution is -0.137. The molecule has 0 aliphatic rings. The van der Waals surface area contributed by atoms with Gasteiger partial charge < -0.3 is 9.84 Å². The second-order valence-corrected chi connectivity index (χ2v) is 5.07. The Morgan fingerprint density at radius 2 is 1.90 bits per heavy atom. The van der Waals surface area contributed by atoms with E-state index < -0.39 is 5.97 Å². The van der Waals surface area contributed by atoms with E-state index in [0.717, 1.165) is 5.57 Å². The second kappa shape index (κ2) is 8.21. The smallest absolute Gasteiger partial charge is 0.304 e. The third kappa shape index (κ3) is 6.72. The van der Waals surface area contributed by atoms with Crippen molar-refractivity contribution in [2.24, 2.45) is 0 Å². The van der Waals surface area contributed by atoms with Gasteiger partial charge in [-0.05, 0) is 43.8 Å². The van der Waals surface area contributed by atoms with Gasteiger partial charge in [0.05, 0.1) is 13.0 Å². The predicted octanol–water partition coefficient (Wildman–Crippen LogP) is 2.23. The molecule has 0 radical (unpaired) electrons. The van der Waals surface area contributed by atoms with Crippen LogP contribution in [0.4, 0.5) is 0 Å². The van der Waals surface area contributed by atoms with E-state index in [1.807, 2.05) is 6.92 Å². The number of carboxylic acid groups (broad SMARTS) is 1. The number of carboxylic acids is 1. The first-order valence-electron chi connectivity index (χ1n) is 6.69. The Hall–Kier alpha value is -2.14. The van der Waals surface area contributed by atoms with Crippen molar-refractivity contribution < 1.29 is 19.4 Å². The molecule has 0 heterocycles. The van der Waals surface area contributed by atoms with E-state index >= 15 is 0 Å². The van der Waals surface area contributed by atoms with Gasteiger partial charge in [0.1, 0.15) is 12.4 Å². The second-order valence-electron chi connectivity index (χ2n) is 5.07. The molecule has 0 fully saturated rings. The molecule has 5 heteroatoms. The molecular weight excluding hydrogens is 270 g/mol. The Labute approximate surface area is 124 Å². The van der Waals surface area contributed by atoms with Gasteiger partial charge in [0.2, 0.25) is 0 Å². The van der Waals surface area contributed by atoms with Crippen LogP contribution in [-0.4, -0.2) is 48.5 Å². The highest BCUT2D eigenvalue weighted by Crippen LogP contribution is 2.13. The lowest BCUT2D eigenvalue weighted by Crippen LogP contribution is -2.28. The minimum Gasteiger partial charge on any atom is -0.489 e. The number of rotatable bonds is 9. The molecule has 114 valence electrons. The largest absolute Gasteiger partial charge is 0.489 e. The van der Waals surface area contributed by atoms with E-state index in [1.165, 1.54) is 0 Å².